The summed E-state index contributed by atoms with van der Waals surface area (Å²) in [7, 11) is 0. The van der Waals surface area contributed by atoms with Gasteiger partial charge in [-0.15, -0.1) is 0 Å². The average Bonchev–Trinajstić information content (AvgIpc) is 2.42. The van der Waals surface area contributed by atoms with Crippen LogP contribution in [0.5, 0.6) is 0 Å². The number of hydrogen-bond donors (Lipinski definition) is 2. The molecule has 0 aliphatic heterocycles. The number of unbranched alkanes of at least 4 members (excludes halogenated alkanes) is 7. The minimum Gasteiger partial charge on any atom is -0.481 e. The predicted molar refractivity (Wildman–Crippen MR) is 81.5 cm³/mol. The van der Waals surface area contributed by atoms with E-state index >= 15 is 0 Å². The summed E-state index contributed by atoms with van der Waals surface area (Å²) in [4.78, 5) is 31.2. The molecular weight excluding hydrogens is 290 g/mol. The van der Waals surface area contributed by atoms with E-state index in [1.807, 2.05) is 0 Å². The Morgan fingerprint density at radius 2 is 1.23 bits per heavy atom. The van der Waals surface area contributed by atoms with Gasteiger partial charge >= 0.3 is 11.9 Å². The van der Waals surface area contributed by atoms with Crippen LogP contribution in [0, 0.1) is 10.1 Å². The third-order valence-corrected chi connectivity index (χ3v) is 3.67. The molecule has 0 aromatic rings. The summed E-state index contributed by atoms with van der Waals surface area (Å²) < 4.78 is 0. The lowest BCUT2D eigenvalue weighted by molar-refractivity contribution is -0.524. The molecule has 0 rings (SSSR count). The van der Waals surface area contributed by atoms with Gasteiger partial charge in [0.05, 0.1) is 6.42 Å². The number of nitrogens with zero attached hydrogens (tertiary/aromatic N) is 1. The van der Waals surface area contributed by atoms with Crippen LogP contribution in [-0.4, -0.2) is 33.1 Å². The molecule has 0 saturated carbocycles. The monoisotopic (exact) mass is 317 g/mol. The summed E-state index contributed by atoms with van der Waals surface area (Å²) in [6.45, 7) is 0. The maximum atomic E-state index is 10.8. The summed E-state index contributed by atoms with van der Waals surface area (Å²) in [5, 5.41) is 27.8. The molecule has 0 heterocycles. The number of aliphatic carboxylic acids is 2. The van der Waals surface area contributed by atoms with Crippen LogP contribution in [-0.2, 0) is 9.59 Å². The zero-order valence-electron chi connectivity index (χ0n) is 13.0. The van der Waals surface area contributed by atoms with Crippen molar-refractivity contribution in [1.29, 1.82) is 0 Å². The van der Waals surface area contributed by atoms with E-state index in [-0.39, 0.29) is 24.2 Å². The van der Waals surface area contributed by atoms with Gasteiger partial charge in [-0.25, -0.2) is 0 Å². The van der Waals surface area contributed by atoms with E-state index in [0.29, 0.717) is 6.42 Å². The molecule has 1 unspecified atom stereocenters. The van der Waals surface area contributed by atoms with Crippen molar-refractivity contribution < 1.29 is 24.7 Å². The van der Waals surface area contributed by atoms with Gasteiger partial charge in [-0.3, -0.25) is 19.7 Å². The van der Waals surface area contributed by atoms with E-state index < -0.39 is 18.0 Å². The first-order chi connectivity index (χ1) is 10.4. The number of carboxylic acids is 2. The van der Waals surface area contributed by atoms with Crippen LogP contribution in [0.25, 0.3) is 0 Å². The number of carboxylic acid groups (broad SMARTS) is 2. The van der Waals surface area contributed by atoms with Gasteiger partial charge in [0.25, 0.3) is 0 Å². The Kier molecular flexibility index (Phi) is 12.1. The lowest BCUT2D eigenvalue weighted by Crippen LogP contribution is -2.20. The van der Waals surface area contributed by atoms with Gasteiger partial charge in [-0.2, -0.15) is 0 Å². The Bertz CT molecular complexity index is 345. The van der Waals surface area contributed by atoms with E-state index in [1.54, 1.807) is 0 Å². The highest BCUT2D eigenvalue weighted by molar-refractivity contribution is 5.66. The number of hydrogen-bond acceptors (Lipinski definition) is 4. The molecule has 0 aromatic heterocycles. The van der Waals surface area contributed by atoms with Crippen molar-refractivity contribution in [3.63, 3.8) is 0 Å². The van der Waals surface area contributed by atoms with Gasteiger partial charge in [0, 0.05) is 24.2 Å². The zero-order valence-corrected chi connectivity index (χ0v) is 13.0. The fourth-order valence-corrected chi connectivity index (χ4v) is 2.36. The van der Waals surface area contributed by atoms with Crippen LogP contribution in [0.4, 0.5) is 0 Å². The standard InChI is InChI=1S/C15H27NO6/c17-14(18)10-8-6-4-2-1-3-5-7-9-13(16(21)22)11-12-15(19)20/h13H,1-12H2,(H,17,18)(H,19,20). The van der Waals surface area contributed by atoms with Crippen LogP contribution >= 0.6 is 0 Å². The number of rotatable bonds is 15. The molecule has 22 heavy (non-hydrogen) atoms. The average molecular weight is 317 g/mol. The highest BCUT2D eigenvalue weighted by Gasteiger charge is 2.20. The summed E-state index contributed by atoms with van der Waals surface area (Å²) in [5.41, 5.74) is 0. The molecule has 0 bridgehead atoms. The third kappa shape index (κ3) is 13.3. The highest BCUT2D eigenvalue weighted by Crippen LogP contribution is 2.14. The largest absolute Gasteiger partial charge is 0.481 e. The molecule has 1 atom stereocenters. The molecular formula is C15H27NO6. The Labute approximate surface area is 130 Å². The summed E-state index contributed by atoms with van der Waals surface area (Å²) in [6, 6.07) is -0.743. The SMILES string of the molecule is O=C(O)CCCCCCCCCCC(CCC(=O)O)[N+](=O)[O-]. The fourth-order valence-electron chi connectivity index (χ4n) is 2.36. The fraction of sp³-hybridized carbons (Fsp3) is 0.867. The molecule has 0 aromatic carbocycles. The van der Waals surface area contributed by atoms with Crippen molar-refractivity contribution in [2.24, 2.45) is 0 Å². The van der Waals surface area contributed by atoms with Gasteiger partial charge in [0.15, 0.2) is 0 Å². The molecule has 0 amide bonds. The first-order valence-corrected chi connectivity index (χ1v) is 8.00. The smallest absolute Gasteiger partial charge is 0.303 e. The maximum absolute atomic E-state index is 10.8. The van der Waals surface area contributed by atoms with E-state index in [9.17, 15) is 19.7 Å². The van der Waals surface area contributed by atoms with Gasteiger partial charge < -0.3 is 10.2 Å². The summed E-state index contributed by atoms with van der Waals surface area (Å²) >= 11 is 0. The third-order valence-electron chi connectivity index (χ3n) is 3.67. The second kappa shape index (κ2) is 13.0. The predicted octanol–water partition coefficient (Wildman–Crippen LogP) is 3.48. The number of nitro groups is 1. The molecule has 128 valence electrons. The van der Waals surface area contributed by atoms with Crippen LogP contribution in [0.2, 0.25) is 0 Å². The van der Waals surface area contributed by atoms with Gasteiger partial charge in [0.2, 0.25) is 6.04 Å². The van der Waals surface area contributed by atoms with Crippen LogP contribution in [0.3, 0.4) is 0 Å². The van der Waals surface area contributed by atoms with E-state index in [4.69, 9.17) is 10.2 Å². The topological polar surface area (TPSA) is 118 Å². The van der Waals surface area contributed by atoms with Gasteiger partial charge in [-0.1, -0.05) is 38.5 Å². The van der Waals surface area contributed by atoms with Crippen molar-refractivity contribution in [3.8, 4) is 0 Å². The molecule has 0 spiro atoms. The second-order valence-corrected chi connectivity index (χ2v) is 5.63. The van der Waals surface area contributed by atoms with Crippen molar-refractivity contribution >= 4 is 11.9 Å². The van der Waals surface area contributed by atoms with Crippen LogP contribution < -0.4 is 0 Å². The van der Waals surface area contributed by atoms with Crippen molar-refractivity contribution in [2.75, 3.05) is 0 Å². The lowest BCUT2D eigenvalue weighted by Gasteiger charge is -2.08. The van der Waals surface area contributed by atoms with Gasteiger partial charge in [-0.05, 0) is 12.8 Å². The first-order valence-electron chi connectivity index (χ1n) is 8.00. The van der Waals surface area contributed by atoms with Gasteiger partial charge in [0.1, 0.15) is 0 Å². The number of carbonyl (C=O) groups is 2. The highest BCUT2D eigenvalue weighted by atomic mass is 16.6. The Morgan fingerprint density at radius 1 is 0.773 bits per heavy atom. The molecule has 0 saturated heterocycles. The van der Waals surface area contributed by atoms with E-state index in [1.165, 1.54) is 0 Å². The first kappa shape index (κ1) is 20.3. The Hall–Kier alpha value is -1.66. The molecule has 7 heteroatoms. The second-order valence-electron chi connectivity index (χ2n) is 5.63. The summed E-state index contributed by atoms with van der Waals surface area (Å²) in [5.74, 6) is -1.74. The normalized spacial score (nSPS) is 12.0. The van der Waals surface area contributed by atoms with Crippen LogP contribution in [0.15, 0.2) is 0 Å². The summed E-state index contributed by atoms with van der Waals surface area (Å²) in [6.07, 6.45) is 8.14. The van der Waals surface area contributed by atoms with Crippen LogP contribution in [0.1, 0.15) is 77.0 Å². The minimum atomic E-state index is -0.991. The molecule has 2 N–H and O–H groups in total. The molecule has 0 radical (unpaired) electrons. The van der Waals surface area contributed by atoms with Crippen molar-refractivity contribution in [3.05, 3.63) is 10.1 Å². The molecule has 0 aliphatic rings. The zero-order chi connectivity index (χ0) is 16.8. The maximum Gasteiger partial charge on any atom is 0.303 e. The van der Waals surface area contributed by atoms with Crippen molar-refractivity contribution in [1.82, 2.24) is 0 Å². The van der Waals surface area contributed by atoms with E-state index in [2.05, 4.69) is 0 Å². The minimum absolute atomic E-state index is 0.103. The molecule has 7 nitrogen and oxygen atoms in total. The van der Waals surface area contributed by atoms with Crippen molar-refractivity contribution in [2.45, 2.75) is 83.1 Å². The van der Waals surface area contributed by atoms with E-state index in [0.717, 1.165) is 51.4 Å². The lowest BCUT2D eigenvalue weighted by atomic mass is 10.0. The molecule has 0 fully saturated rings. The Balaban J connectivity index is 3.47. The molecule has 0 aliphatic carbocycles. The quantitative estimate of drug-likeness (QED) is 0.271. The Morgan fingerprint density at radius 3 is 1.68 bits per heavy atom.